The number of nitrogens with one attached hydrogen (secondary N) is 1. The molecule has 2 heterocycles. The first-order valence-corrected chi connectivity index (χ1v) is 11.2. The average molecular weight is 447 g/mol. The zero-order valence-electron chi connectivity index (χ0n) is 19.0. The second-order valence-electron chi connectivity index (χ2n) is 8.14. The van der Waals surface area contributed by atoms with Crippen molar-refractivity contribution in [3.05, 3.63) is 66.5 Å². The van der Waals surface area contributed by atoms with Crippen LogP contribution in [0.3, 0.4) is 0 Å². The van der Waals surface area contributed by atoms with Gasteiger partial charge < -0.3 is 25.0 Å². The lowest BCUT2D eigenvalue weighted by atomic mass is 10.0. The van der Waals surface area contributed by atoms with Gasteiger partial charge in [-0.2, -0.15) is 9.97 Å². The van der Waals surface area contributed by atoms with Gasteiger partial charge in [0.05, 0.1) is 19.5 Å². The highest BCUT2D eigenvalue weighted by molar-refractivity contribution is 5.84. The summed E-state index contributed by atoms with van der Waals surface area (Å²) in [5.74, 6) is 1.08. The molecule has 4 rings (SSSR count). The molecule has 2 aromatic carbocycles. The summed E-state index contributed by atoms with van der Waals surface area (Å²) in [4.78, 5) is 15.7. The Morgan fingerprint density at radius 3 is 2.21 bits per heavy atom. The van der Waals surface area contributed by atoms with E-state index in [2.05, 4.69) is 60.5 Å². The van der Waals surface area contributed by atoms with Gasteiger partial charge in [0.1, 0.15) is 0 Å². The molecule has 0 saturated carbocycles. The smallest absolute Gasteiger partial charge is 0.229 e. The second-order valence-corrected chi connectivity index (χ2v) is 8.14. The Morgan fingerprint density at radius 2 is 1.58 bits per heavy atom. The zero-order valence-corrected chi connectivity index (χ0v) is 19.0. The number of imidazole rings is 1. The molecule has 0 spiro atoms. The van der Waals surface area contributed by atoms with Crippen molar-refractivity contribution < 1.29 is 10.2 Å². The van der Waals surface area contributed by atoms with Crippen LogP contribution in [0.15, 0.2) is 60.9 Å². The molecular weight excluding hydrogens is 416 g/mol. The van der Waals surface area contributed by atoms with Crippen molar-refractivity contribution in [1.82, 2.24) is 19.5 Å². The number of hydrogen-bond donors (Lipinski definition) is 3. The number of nitrogens with zero attached hydrogens (tertiary/aromatic N) is 5. The average Bonchev–Trinajstić information content (AvgIpc) is 3.28. The van der Waals surface area contributed by atoms with Crippen LogP contribution in [0.25, 0.3) is 22.3 Å². The Bertz CT molecular complexity index is 1170. The minimum atomic E-state index is -0.0542. The van der Waals surface area contributed by atoms with Gasteiger partial charge >= 0.3 is 0 Å². The maximum absolute atomic E-state index is 9.45. The van der Waals surface area contributed by atoms with Crippen LogP contribution in [0, 0.1) is 0 Å². The third-order valence-corrected chi connectivity index (χ3v) is 5.51. The van der Waals surface area contributed by atoms with Crippen LogP contribution in [0.5, 0.6) is 0 Å². The molecule has 0 unspecified atom stereocenters. The quantitative estimate of drug-likeness (QED) is 0.343. The lowest BCUT2D eigenvalue weighted by Gasteiger charge is -2.21. The summed E-state index contributed by atoms with van der Waals surface area (Å²) >= 11 is 0. The van der Waals surface area contributed by atoms with Gasteiger partial charge in [0.25, 0.3) is 0 Å². The van der Waals surface area contributed by atoms with Crippen LogP contribution in [-0.4, -0.2) is 56.0 Å². The molecular formula is C25H30N6O2. The highest BCUT2D eigenvalue weighted by atomic mass is 16.3. The van der Waals surface area contributed by atoms with Crippen LogP contribution in [0.4, 0.5) is 11.8 Å². The van der Waals surface area contributed by atoms with Crippen LogP contribution in [0.2, 0.25) is 0 Å². The fraction of sp³-hybridized carbons (Fsp3) is 0.320. The molecule has 2 aromatic heterocycles. The number of fused-ring (bicyclic) bond motifs is 1. The molecule has 0 radical (unpaired) electrons. The van der Waals surface area contributed by atoms with E-state index in [0.29, 0.717) is 36.9 Å². The van der Waals surface area contributed by atoms with Crippen molar-refractivity contribution in [2.45, 2.75) is 26.4 Å². The van der Waals surface area contributed by atoms with E-state index in [1.165, 1.54) is 11.1 Å². The van der Waals surface area contributed by atoms with Gasteiger partial charge in [0.15, 0.2) is 17.0 Å². The highest BCUT2D eigenvalue weighted by Crippen LogP contribution is 2.26. The van der Waals surface area contributed by atoms with E-state index in [1.807, 2.05) is 22.8 Å². The molecule has 8 nitrogen and oxygen atoms in total. The maximum Gasteiger partial charge on any atom is 0.229 e. The lowest BCUT2D eigenvalue weighted by Crippen LogP contribution is -2.31. The SMILES string of the molecule is CC(C)n1cnc2c(NCc3ccc(-c4ccccc4)cc3)nc(N(CCO)CCO)nc21. The van der Waals surface area contributed by atoms with E-state index in [-0.39, 0.29) is 19.3 Å². The minimum Gasteiger partial charge on any atom is -0.395 e. The fourth-order valence-electron chi connectivity index (χ4n) is 3.73. The summed E-state index contributed by atoms with van der Waals surface area (Å²) in [6.45, 7) is 5.29. The molecule has 0 fully saturated rings. The summed E-state index contributed by atoms with van der Waals surface area (Å²) in [6.07, 6.45) is 1.77. The predicted octanol–water partition coefficient (Wildman–Crippen LogP) is 3.48. The van der Waals surface area contributed by atoms with Gasteiger partial charge in [-0.05, 0) is 30.5 Å². The van der Waals surface area contributed by atoms with Crippen molar-refractivity contribution >= 4 is 22.9 Å². The number of hydrogen-bond acceptors (Lipinski definition) is 7. The van der Waals surface area contributed by atoms with Gasteiger partial charge in [-0.15, -0.1) is 0 Å². The topological polar surface area (TPSA) is 99.3 Å². The standard InChI is InChI=1S/C25H30N6O2/c1-18(2)31-17-27-22-23(28-25(29-24(22)31)30(12-14-32)13-15-33)26-16-19-8-10-21(11-9-19)20-6-4-3-5-7-20/h3-11,17-18,32-33H,12-16H2,1-2H3,(H,26,28,29). The summed E-state index contributed by atoms with van der Waals surface area (Å²) in [7, 11) is 0. The highest BCUT2D eigenvalue weighted by Gasteiger charge is 2.18. The summed E-state index contributed by atoms with van der Waals surface area (Å²) in [5, 5.41) is 22.3. The molecule has 0 aliphatic heterocycles. The van der Waals surface area contributed by atoms with Gasteiger partial charge in [-0.1, -0.05) is 54.6 Å². The molecule has 0 amide bonds. The molecule has 3 N–H and O–H groups in total. The Morgan fingerprint density at radius 1 is 0.909 bits per heavy atom. The Balaban J connectivity index is 1.62. The number of aromatic nitrogens is 4. The van der Waals surface area contributed by atoms with E-state index >= 15 is 0 Å². The fourth-order valence-corrected chi connectivity index (χ4v) is 3.73. The van der Waals surface area contributed by atoms with Gasteiger partial charge in [-0.25, -0.2) is 4.98 Å². The first-order chi connectivity index (χ1) is 16.1. The first-order valence-electron chi connectivity index (χ1n) is 11.2. The number of rotatable bonds is 10. The normalized spacial score (nSPS) is 11.3. The lowest BCUT2D eigenvalue weighted by molar-refractivity contribution is 0.280. The molecule has 0 bridgehead atoms. The zero-order chi connectivity index (χ0) is 23.2. The Kier molecular flexibility index (Phi) is 7.16. The summed E-state index contributed by atoms with van der Waals surface area (Å²) < 4.78 is 2.00. The minimum absolute atomic E-state index is 0.0542. The third-order valence-electron chi connectivity index (χ3n) is 5.51. The van der Waals surface area contributed by atoms with Crippen LogP contribution in [0.1, 0.15) is 25.5 Å². The van der Waals surface area contributed by atoms with Crippen molar-refractivity contribution in [1.29, 1.82) is 0 Å². The molecule has 0 atom stereocenters. The molecule has 0 saturated heterocycles. The van der Waals surface area contributed by atoms with Crippen molar-refractivity contribution in [3.8, 4) is 11.1 Å². The van der Waals surface area contributed by atoms with Gasteiger partial charge in [0.2, 0.25) is 5.95 Å². The maximum atomic E-state index is 9.45. The van der Waals surface area contributed by atoms with E-state index in [0.717, 1.165) is 11.2 Å². The Labute approximate surface area is 193 Å². The molecule has 33 heavy (non-hydrogen) atoms. The van der Waals surface area contributed by atoms with Crippen molar-refractivity contribution in [2.75, 3.05) is 36.5 Å². The number of aliphatic hydroxyl groups excluding tert-OH is 2. The van der Waals surface area contributed by atoms with E-state index in [1.54, 1.807) is 11.2 Å². The van der Waals surface area contributed by atoms with Crippen LogP contribution >= 0.6 is 0 Å². The molecule has 0 aliphatic rings. The van der Waals surface area contributed by atoms with Crippen molar-refractivity contribution in [2.24, 2.45) is 0 Å². The molecule has 4 aromatic rings. The molecule has 172 valence electrons. The van der Waals surface area contributed by atoms with Gasteiger partial charge in [-0.3, -0.25) is 0 Å². The largest absolute Gasteiger partial charge is 0.395 e. The molecule has 0 aliphatic carbocycles. The number of benzene rings is 2. The van der Waals surface area contributed by atoms with Crippen LogP contribution < -0.4 is 10.2 Å². The summed E-state index contributed by atoms with van der Waals surface area (Å²) in [5.41, 5.74) is 4.89. The van der Waals surface area contributed by atoms with E-state index in [4.69, 9.17) is 9.97 Å². The van der Waals surface area contributed by atoms with E-state index in [9.17, 15) is 10.2 Å². The number of aliphatic hydroxyl groups is 2. The number of anilines is 2. The summed E-state index contributed by atoms with van der Waals surface area (Å²) in [6, 6.07) is 18.9. The second kappa shape index (κ2) is 10.4. The van der Waals surface area contributed by atoms with Crippen molar-refractivity contribution in [3.63, 3.8) is 0 Å². The molecule has 8 heteroatoms. The van der Waals surface area contributed by atoms with E-state index < -0.39 is 0 Å². The monoisotopic (exact) mass is 446 g/mol. The predicted molar refractivity (Wildman–Crippen MR) is 131 cm³/mol. The first kappa shape index (κ1) is 22.7. The Hall–Kier alpha value is -3.49. The van der Waals surface area contributed by atoms with Crippen LogP contribution in [-0.2, 0) is 6.54 Å². The third kappa shape index (κ3) is 5.13. The van der Waals surface area contributed by atoms with Gasteiger partial charge in [0, 0.05) is 25.7 Å².